The molecule has 1 aliphatic heterocycles. The largest absolute Gasteiger partial charge is 0.493 e. The van der Waals surface area contributed by atoms with Crippen LogP contribution in [0, 0.1) is 6.92 Å². The predicted molar refractivity (Wildman–Crippen MR) is 141 cm³/mol. The van der Waals surface area contributed by atoms with Crippen LogP contribution in [0.2, 0.25) is 0 Å². The molecule has 188 valence electrons. The molecule has 2 aliphatic rings. The number of aryl methyl sites for hydroxylation is 1. The molecule has 0 amide bonds. The first kappa shape index (κ1) is 24.4. The highest BCUT2D eigenvalue weighted by atomic mass is 16.5. The summed E-state index contributed by atoms with van der Waals surface area (Å²) in [7, 11) is 1.58. The van der Waals surface area contributed by atoms with E-state index in [4.69, 9.17) is 14.2 Å². The fourth-order valence-corrected chi connectivity index (χ4v) is 4.97. The van der Waals surface area contributed by atoms with Gasteiger partial charge in [-0.1, -0.05) is 60.2 Å². The second-order valence-corrected chi connectivity index (χ2v) is 9.17. The van der Waals surface area contributed by atoms with Crippen molar-refractivity contribution in [3.05, 3.63) is 111 Å². The summed E-state index contributed by atoms with van der Waals surface area (Å²) in [6, 6.07) is 21.2. The van der Waals surface area contributed by atoms with Gasteiger partial charge in [-0.3, -0.25) is 4.79 Å². The summed E-state index contributed by atoms with van der Waals surface area (Å²) in [5.74, 6) is -0.0683. The second-order valence-electron chi connectivity index (χ2n) is 9.17. The monoisotopic (exact) mass is 495 g/mol. The van der Waals surface area contributed by atoms with E-state index in [9.17, 15) is 9.59 Å². The lowest BCUT2D eigenvalue weighted by Gasteiger charge is -2.29. The van der Waals surface area contributed by atoms with Crippen LogP contribution in [0.15, 0.2) is 83.6 Å². The lowest BCUT2D eigenvalue weighted by molar-refractivity contribution is -0.138. The second kappa shape index (κ2) is 9.97. The minimum atomic E-state index is -0.616. The highest BCUT2D eigenvalue weighted by molar-refractivity contribution is 6.23. The zero-order valence-electron chi connectivity index (χ0n) is 21.4. The molecule has 0 aromatic heterocycles. The van der Waals surface area contributed by atoms with Crippen molar-refractivity contribution in [1.29, 1.82) is 0 Å². The Morgan fingerprint density at radius 3 is 2.38 bits per heavy atom. The smallest absolute Gasteiger partial charge is 0.336 e. The van der Waals surface area contributed by atoms with Crippen LogP contribution in [-0.4, -0.2) is 25.5 Å². The van der Waals surface area contributed by atoms with Crippen molar-refractivity contribution in [2.45, 2.75) is 33.3 Å². The van der Waals surface area contributed by atoms with Gasteiger partial charge in [-0.25, -0.2) is 4.79 Å². The van der Waals surface area contributed by atoms with Crippen LogP contribution in [0.1, 0.15) is 52.4 Å². The average Bonchev–Trinajstić information content (AvgIpc) is 3.19. The van der Waals surface area contributed by atoms with Crippen LogP contribution in [0.5, 0.6) is 11.5 Å². The molecule has 0 saturated heterocycles. The predicted octanol–water partition coefficient (Wildman–Crippen LogP) is 5.71. The number of ketones is 1. The van der Waals surface area contributed by atoms with E-state index in [1.54, 1.807) is 14.0 Å². The van der Waals surface area contributed by atoms with Gasteiger partial charge in [0, 0.05) is 28.3 Å². The number of dihydropyridines is 1. The number of nitrogens with one attached hydrogen (secondary N) is 1. The SMILES string of the molecule is CCOC(=O)C1=C(C)NC2=C(C(=O)c3ccccc32)[C@@H]1c1ccc(OCc2ccc(C)cc2)c(OC)c1. The van der Waals surface area contributed by atoms with Crippen molar-refractivity contribution in [2.24, 2.45) is 0 Å². The molecule has 1 atom stereocenters. The first-order chi connectivity index (χ1) is 17.9. The van der Waals surface area contributed by atoms with Crippen LogP contribution in [0.25, 0.3) is 5.70 Å². The lowest BCUT2D eigenvalue weighted by atomic mass is 9.79. The average molecular weight is 496 g/mol. The number of Topliss-reactive ketones (excluding diaryl/α,β-unsaturated/α-hetero) is 1. The standard InChI is InChI=1S/C31H29NO5/c1-5-36-31(34)26-19(3)32-29-22-8-6-7-9-23(22)30(33)28(29)27(26)21-14-15-24(25(16-21)35-4)37-17-20-12-10-18(2)11-13-20/h6-16,27,32H,5,17H2,1-4H3/t27-/m1/s1. The van der Waals surface area contributed by atoms with Crippen molar-refractivity contribution in [3.8, 4) is 11.5 Å². The van der Waals surface area contributed by atoms with E-state index >= 15 is 0 Å². The minimum absolute atomic E-state index is 0.101. The maximum absolute atomic E-state index is 13.6. The fourth-order valence-electron chi connectivity index (χ4n) is 4.97. The third-order valence-electron chi connectivity index (χ3n) is 6.78. The molecule has 6 heteroatoms. The maximum atomic E-state index is 13.6. The third-order valence-corrected chi connectivity index (χ3v) is 6.78. The molecule has 1 heterocycles. The van der Waals surface area contributed by atoms with Gasteiger partial charge < -0.3 is 19.5 Å². The molecule has 0 saturated carbocycles. The summed E-state index contributed by atoms with van der Waals surface area (Å²) >= 11 is 0. The number of rotatable bonds is 7. The Bertz CT molecular complexity index is 1450. The molecule has 37 heavy (non-hydrogen) atoms. The molecule has 0 unspecified atom stereocenters. The van der Waals surface area contributed by atoms with Crippen LogP contribution in [0.4, 0.5) is 0 Å². The van der Waals surface area contributed by atoms with E-state index in [1.807, 2.05) is 80.6 Å². The van der Waals surface area contributed by atoms with Crippen molar-refractivity contribution in [2.75, 3.05) is 13.7 Å². The van der Waals surface area contributed by atoms with Crippen LogP contribution < -0.4 is 14.8 Å². The van der Waals surface area contributed by atoms with Gasteiger partial charge in [0.2, 0.25) is 0 Å². The zero-order chi connectivity index (χ0) is 26.1. The van der Waals surface area contributed by atoms with Gasteiger partial charge in [-0.2, -0.15) is 0 Å². The first-order valence-electron chi connectivity index (χ1n) is 12.3. The molecular formula is C31H29NO5. The number of allylic oxidation sites excluding steroid dienone is 2. The molecule has 0 fully saturated rings. The van der Waals surface area contributed by atoms with Gasteiger partial charge in [0.25, 0.3) is 0 Å². The van der Waals surface area contributed by atoms with Crippen molar-refractivity contribution in [1.82, 2.24) is 5.32 Å². The van der Waals surface area contributed by atoms with Crippen LogP contribution in [0.3, 0.4) is 0 Å². The van der Waals surface area contributed by atoms with Crippen molar-refractivity contribution in [3.63, 3.8) is 0 Å². The molecule has 3 aromatic rings. The Morgan fingerprint density at radius 2 is 1.68 bits per heavy atom. The van der Waals surface area contributed by atoms with Gasteiger partial charge in [-0.05, 0) is 44.0 Å². The fraction of sp³-hybridized carbons (Fsp3) is 0.226. The number of ether oxygens (including phenoxy) is 3. The summed E-state index contributed by atoms with van der Waals surface area (Å²) < 4.78 is 17.2. The molecule has 1 N–H and O–H groups in total. The van der Waals surface area contributed by atoms with E-state index in [1.165, 1.54) is 5.56 Å². The molecule has 0 bridgehead atoms. The number of hydrogen-bond acceptors (Lipinski definition) is 6. The Balaban J connectivity index is 1.56. The molecule has 0 radical (unpaired) electrons. The zero-order valence-corrected chi connectivity index (χ0v) is 21.4. The summed E-state index contributed by atoms with van der Waals surface area (Å²) in [5, 5.41) is 3.32. The number of esters is 1. The molecular weight excluding hydrogens is 466 g/mol. The van der Waals surface area contributed by atoms with Gasteiger partial charge in [0.05, 0.1) is 25.0 Å². The normalized spacial score (nSPS) is 16.2. The number of hydrogen-bond donors (Lipinski definition) is 1. The Kier molecular flexibility index (Phi) is 6.57. The van der Waals surface area contributed by atoms with Gasteiger partial charge in [0.1, 0.15) is 6.61 Å². The number of carbonyl (C=O) groups is 2. The third kappa shape index (κ3) is 4.40. The van der Waals surface area contributed by atoms with Crippen LogP contribution >= 0.6 is 0 Å². The minimum Gasteiger partial charge on any atom is -0.493 e. The molecule has 3 aromatic carbocycles. The summed E-state index contributed by atoms with van der Waals surface area (Å²) in [5.41, 5.74) is 6.76. The van der Waals surface area contributed by atoms with E-state index in [2.05, 4.69) is 5.32 Å². The summed E-state index contributed by atoms with van der Waals surface area (Å²) in [6.07, 6.45) is 0. The van der Waals surface area contributed by atoms with E-state index < -0.39 is 11.9 Å². The van der Waals surface area contributed by atoms with Gasteiger partial charge in [0.15, 0.2) is 17.3 Å². The summed E-state index contributed by atoms with van der Waals surface area (Å²) in [6.45, 7) is 6.27. The molecule has 6 nitrogen and oxygen atoms in total. The highest BCUT2D eigenvalue weighted by Crippen LogP contribution is 2.48. The number of benzene rings is 3. The van der Waals surface area contributed by atoms with Gasteiger partial charge in [-0.15, -0.1) is 0 Å². The Labute approximate surface area is 216 Å². The Hall–Kier alpha value is -4.32. The lowest BCUT2D eigenvalue weighted by Crippen LogP contribution is -2.29. The van der Waals surface area contributed by atoms with Crippen molar-refractivity contribution < 1.29 is 23.8 Å². The quantitative estimate of drug-likeness (QED) is 0.423. The number of fused-ring (bicyclic) bond motifs is 2. The number of carbonyl (C=O) groups excluding carboxylic acids is 2. The maximum Gasteiger partial charge on any atom is 0.336 e. The van der Waals surface area contributed by atoms with E-state index in [0.717, 1.165) is 22.4 Å². The molecule has 5 rings (SSSR count). The highest BCUT2D eigenvalue weighted by Gasteiger charge is 2.43. The van der Waals surface area contributed by atoms with E-state index in [-0.39, 0.29) is 12.4 Å². The summed E-state index contributed by atoms with van der Waals surface area (Å²) in [4.78, 5) is 26.8. The van der Waals surface area contributed by atoms with Gasteiger partial charge >= 0.3 is 5.97 Å². The van der Waals surface area contributed by atoms with Crippen molar-refractivity contribution >= 4 is 17.4 Å². The van der Waals surface area contributed by atoms with E-state index in [0.29, 0.717) is 40.5 Å². The van der Waals surface area contributed by atoms with Crippen LogP contribution in [-0.2, 0) is 16.1 Å². The first-order valence-corrected chi connectivity index (χ1v) is 12.3. The Morgan fingerprint density at radius 1 is 0.946 bits per heavy atom. The topological polar surface area (TPSA) is 73.9 Å². The molecule has 0 spiro atoms. The number of methoxy groups -OCH3 is 1. The molecule has 1 aliphatic carbocycles.